The number of methoxy groups -OCH3 is 2. The topological polar surface area (TPSA) is 52.6 Å². The van der Waals surface area contributed by atoms with Crippen molar-refractivity contribution in [3.8, 4) is 0 Å². The summed E-state index contributed by atoms with van der Waals surface area (Å²) in [6, 6.07) is 0. The smallest absolute Gasteiger partial charge is 0.325 e. The summed E-state index contributed by atoms with van der Waals surface area (Å²) < 4.78 is 12.6. The summed E-state index contributed by atoms with van der Waals surface area (Å²) in [7, 11) is 3.08. The second-order valence-corrected chi connectivity index (χ2v) is 25.0. The van der Waals surface area contributed by atoms with Crippen LogP contribution >= 0.6 is 0 Å². The first-order chi connectivity index (χ1) is 34.2. The van der Waals surface area contributed by atoms with Crippen LogP contribution in [0.5, 0.6) is 0 Å². The Morgan fingerprint density at radius 2 is 0.304 bits per heavy atom. The van der Waals surface area contributed by atoms with Gasteiger partial charge >= 0.3 is 11.9 Å². The minimum absolute atomic E-state index is 0.427. The Kier molecular flexibility index (Phi) is 2.04. The van der Waals surface area contributed by atoms with E-state index in [0.29, 0.717) is 0 Å². The fourth-order valence-corrected chi connectivity index (χ4v) is 25.6. The number of benzene rings is 18. The Hall–Kier alpha value is -8.60. The molecule has 0 aliphatic heterocycles. The monoisotopic (exact) mass is 850 g/mol. The molecule has 0 bridgehead atoms. The molecular weight excluding hydrogens is 845 g/mol. The van der Waals surface area contributed by atoms with E-state index < -0.39 is 28.2 Å². The predicted octanol–water partition coefficient (Wildman–Crippen LogP) is 15.6. The van der Waals surface area contributed by atoms with Gasteiger partial charge in [-0.05, 0) is 313 Å². The molecule has 290 valence electrons. The van der Waals surface area contributed by atoms with E-state index in [2.05, 4.69) is 0 Å². The largest absolute Gasteiger partial charge is 0.468 e. The van der Waals surface area contributed by atoms with E-state index in [4.69, 9.17) is 9.47 Å². The van der Waals surface area contributed by atoms with Gasteiger partial charge in [0.05, 0.1) is 25.0 Å². The molecule has 0 heterocycles. The lowest BCUT2D eigenvalue weighted by Gasteiger charge is -2.32. The third-order valence-corrected chi connectivity index (χ3v) is 25.4. The summed E-state index contributed by atoms with van der Waals surface area (Å²) in [6.45, 7) is 0. The molecule has 0 saturated heterocycles. The SMILES string of the molecule is COC(=O)C1(C(=O)OC)C23c4c5c6c7c8c9c(c%10c%11c2c2c4c4c%12c5c5c6c6c8c8c%13c9c9c%10c%10c%11c%11c2c2c4c4c%12c%12c5c5c6c8c6c8c%13c9c9c%10c%10c%11c2c2c4c4c%12c5c6c5c8c9c%10c2c45)C713. The van der Waals surface area contributed by atoms with Gasteiger partial charge in [0.15, 0.2) is 5.41 Å². The number of esters is 2. The molecule has 0 aromatic heterocycles. The number of hydrogen-bond acceptors (Lipinski definition) is 4. The van der Waals surface area contributed by atoms with E-state index in [0.717, 1.165) is 0 Å². The molecule has 28 aromatic rings. The second-order valence-electron chi connectivity index (χ2n) is 25.0. The highest BCUT2D eigenvalue weighted by Crippen LogP contribution is 2.96. The Labute approximate surface area is 372 Å². The summed E-state index contributed by atoms with van der Waals surface area (Å²) in [5, 5.41) is 80.1. The maximum Gasteiger partial charge on any atom is 0.325 e. The zero-order valence-corrected chi connectivity index (χ0v) is 35.1. The van der Waals surface area contributed by atoms with Crippen molar-refractivity contribution >= 4 is 303 Å². The normalized spacial score (nSPS) is 20.2. The number of ether oxygens (including phenoxy) is 2. The van der Waals surface area contributed by atoms with Crippen LogP contribution in [-0.2, 0) is 29.9 Å². The first-order valence-electron chi connectivity index (χ1n) is 25.1. The van der Waals surface area contributed by atoms with Crippen LogP contribution in [-0.4, -0.2) is 26.2 Å². The van der Waals surface area contributed by atoms with Gasteiger partial charge < -0.3 is 9.47 Å². The van der Waals surface area contributed by atoms with Crippen molar-refractivity contribution in [3.63, 3.8) is 0 Å². The summed E-state index contributed by atoms with van der Waals surface area (Å²) in [4.78, 5) is 32.5. The first kappa shape index (κ1) is 25.5. The van der Waals surface area contributed by atoms with Gasteiger partial charge in [0.25, 0.3) is 0 Å². The Balaban J connectivity index is 1.23. The third-order valence-electron chi connectivity index (χ3n) is 25.4. The molecule has 5 aliphatic rings. The Morgan fingerprint density at radius 3 is 0.406 bits per heavy atom. The molecule has 0 atom stereocenters. The van der Waals surface area contributed by atoms with Gasteiger partial charge in [0.1, 0.15) is 0 Å². The van der Waals surface area contributed by atoms with E-state index in [9.17, 15) is 0 Å². The lowest BCUT2D eigenvalue weighted by atomic mass is 9.68. The predicted molar refractivity (Wildman–Crippen MR) is 280 cm³/mol. The van der Waals surface area contributed by atoms with Crippen LogP contribution in [0.1, 0.15) is 22.3 Å². The number of carbonyl (C=O) groups excluding carboxylic acids is 2. The minimum atomic E-state index is -1.66. The van der Waals surface area contributed by atoms with Gasteiger partial charge in [0.2, 0.25) is 0 Å². The van der Waals surface area contributed by atoms with Crippen molar-refractivity contribution < 1.29 is 19.1 Å². The van der Waals surface area contributed by atoms with Crippen LogP contribution in [0.4, 0.5) is 0 Å². The Morgan fingerprint density at radius 1 is 0.203 bits per heavy atom. The molecule has 2 spiro atoms. The second kappa shape index (κ2) is 5.53. The van der Waals surface area contributed by atoms with Gasteiger partial charge in [-0.2, -0.15) is 0 Å². The molecule has 4 heteroatoms. The van der Waals surface area contributed by atoms with Crippen LogP contribution in [0, 0.1) is 5.41 Å². The molecule has 28 aromatic carbocycles. The Bertz CT molecular complexity index is 6680. The van der Waals surface area contributed by atoms with Gasteiger partial charge in [-0.3, -0.25) is 9.59 Å². The number of carbonyl (C=O) groups is 2. The fraction of sp³-hybridized carbons (Fsp3) is 0.0769. The fourth-order valence-electron chi connectivity index (χ4n) is 25.6. The van der Waals surface area contributed by atoms with Crippen molar-refractivity contribution in [2.75, 3.05) is 14.2 Å². The van der Waals surface area contributed by atoms with E-state index in [-0.39, 0.29) is 0 Å². The van der Waals surface area contributed by atoms with Gasteiger partial charge in [-0.1, -0.05) is 0 Å². The standard InChI is InChI=1S/C65H6O4/c1-68-61(66)65(62(67)69-2)63-57-49-41-31-21-13-5-3-4-7-11-9(5)17-25-19(11)29-23-15(7)16-8(4)12-10-6(3)14(13)22-28-18(10)26-20(12)30-24(16)34-33(23)43-37(29)47-39(25)45(35(41)27(17)21)53(57)55(47)59-51(43)52-44(34)38(30)48-40(26)46-36(28)42(32(22)31)50(49)58(63)54(46)56(48)60(52)64(59,63)65/h1-2H3. The maximum atomic E-state index is 16.3. The molecule has 0 radical (unpaired) electrons. The highest BCUT2D eigenvalue weighted by molar-refractivity contribution is 6.82. The first-order valence-corrected chi connectivity index (χ1v) is 25.1. The number of hydrogen-bond donors (Lipinski definition) is 0. The van der Waals surface area contributed by atoms with Crippen LogP contribution < -0.4 is 0 Å². The molecule has 0 unspecified atom stereocenters. The van der Waals surface area contributed by atoms with E-state index in [1.54, 1.807) is 89.6 Å². The minimum Gasteiger partial charge on any atom is -0.468 e. The summed E-state index contributed by atoms with van der Waals surface area (Å²) in [6.07, 6.45) is 0. The molecule has 33 rings (SSSR count). The van der Waals surface area contributed by atoms with Gasteiger partial charge in [-0.25, -0.2) is 0 Å². The van der Waals surface area contributed by atoms with Crippen LogP contribution in [0.3, 0.4) is 0 Å². The molecule has 0 amide bonds. The summed E-state index contributed by atoms with van der Waals surface area (Å²) >= 11 is 0. The lowest BCUT2D eigenvalue weighted by molar-refractivity contribution is -0.163. The molecule has 1 saturated carbocycles. The lowest BCUT2D eigenvalue weighted by Crippen LogP contribution is -2.37. The highest BCUT2D eigenvalue weighted by atomic mass is 16.5. The van der Waals surface area contributed by atoms with Gasteiger partial charge in [-0.15, -0.1) is 0 Å². The molecule has 0 N–H and O–H groups in total. The summed E-state index contributed by atoms with van der Waals surface area (Å²) in [5.41, 5.74) is 1.35. The van der Waals surface area contributed by atoms with Crippen LogP contribution in [0.25, 0.3) is 291 Å². The van der Waals surface area contributed by atoms with Crippen molar-refractivity contribution in [1.29, 1.82) is 0 Å². The van der Waals surface area contributed by atoms with Crippen LogP contribution in [0.2, 0.25) is 0 Å². The molecule has 5 aliphatic carbocycles. The molecule has 4 nitrogen and oxygen atoms in total. The van der Waals surface area contributed by atoms with E-state index in [1.807, 2.05) is 0 Å². The van der Waals surface area contributed by atoms with E-state index in [1.165, 1.54) is 238 Å². The molecular formula is C65H6O4. The van der Waals surface area contributed by atoms with Gasteiger partial charge in [0, 0.05) is 0 Å². The van der Waals surface area contributed by atoms with Crippen molar-refractivity contribution in [2.24, 2.45) is 5.41 Å². The average Bonchev–Trinajstić information content (AvgIpc) is 4.35. The zero-order chi connectivity index (χ0) is 41.6. The molecule has 69 heavy (non-hydrogen) atoms. The summed E-state index contributed by atoms with van der Waals surface area (Å²) in [5.74, 6) is -0.853. The highest BCUT2D eigenvalue weighted by Gasteiger charge is 3.01. The van der Waals surface area contributed by atoms with Crippen molar-refractivity contribution in [2.45, 2.75) is 10.8 Å². The average molecular weight is 851 g/mol. The van der Waals surface area contributed by atoms with Crippen molar-refractivity contribution in [1.82, 2.24) is 0 Å². The number of rotatable bonds is 2. The molecule has 1 fully saturated rings. The zero-order valence-electron chi connectivity index (χ0n) is 35.1. The van der Waals surface area contributed by atoms with Crippen molar-refractivity contribution in [3.05, 3.63) is 22.3 Å². The third kappa shape index (κ3) is 1.25. The quantitative estimate of drug-likeness (QED) is 0.0988. The maximum absolute atomic E-state index is 16.3. The van der Waals surface area contributed by atoms with Crippen LogP contribution in [0.15, 0.2) is 0 Å². The van der Waals surface area contributed by atoms with E-state index >= 15 is 9.59 Å².